The Balaban J connectivity index is 1.44. The van der Waals surface area contributed by atoms with Crippen molar-refractivity contribution in [3.63, 3.8) is 0 Å². The molecule has 3 N–H and O–H groups in total. The minimum Gasteiger partial charge on any atom is -0.396 e. The zero-order valence-electron chi connectivity index (χ0n) is 22.2. The van der Waals surface area contributed by atoms with Gasteiger partial charge in [0.15, 0.2) is 0 Å². The number of hydrogen-bond acceptors (Lipinski definition) is 3. The number of allylic oxidation sites excluding steroid dienone is 1. The maximum atomic E-state index is 11.1. The summed E-state index contributed by atoms with van der Waals surface area (Å²) in [5.74, 6) is 1.83. The van der Waals surface area contributed by atoms with Gasteiger partial charge in [-0.15, -0.1) is 0 Å². The minimum absolute atomic E-state index is 0.0188. The van der Waals surface area contributed by atoms with Crippen LogP contribution in [-0.2, 0) is 0 Å². The lowest BCUT2D eigenvalue weighted by Crippen LogP contribution is -2.58. The van der Waals surface area contributed by atoms with E-state index >= 15 is 0 Å². The molecule has 5 aliphatic carbocycles. The lowest BCUT2D eigenvalue weighted by atomic mass is 9.41. The molecule has 0 aromatic heterocycles. The van der Waals surface area contributed by atoms with Crippen LogP contribution in [0.5, 0.6) is 0 Å². The fourth-order valence-corrected chi connectivity index (χ4v) is 11.1. The zero-order valence-corrected chi connectivity index (χ0v) is 22.2. The van der Waals surface area contributed by atoms with Gasteiger partial charge in [-0.05, 0) is 123 Å². The summed E-state index contributed by atoms with van der Waals surface area (Å²) in [6.45, 7) is 14.1. The Hall–Kier alpha value is -0.380. The molecule has 5 saturated carbocycles. The molecule has 188 valence electrons. The van der Waals surface area contributed by atoms with Crippen LogP contribution in [0, 0.1) is 50.7 Å². The first kappa shape index (κ1) is 24.3. The van der Waals surface area contributed by atoms with Crippen LogP contribution in [0.15, 0.2) is 11.6 Å². The van der Waals surface area contributed by atoms with Gasteiger partial charge in [-0.3, -0.25) is 0 Å². The molecule has 10 unspecified atom stereocenters. The number of hydrogen-bond donors (Lipinski definition) is 3. The van der Waals surface area contributed by atoms with Crippen molar-refractivity contribution < 1.29 is 15.3 Å². The second kappa shape index (κ2) is 7.56. The summed E-state index contributed by atoms with van der Waals surface area (Å²) in [4.78, 5) is 0. The van der Waals surface area contributed by atoms with Crippen molar-refractivity contribution in [2.75, 3.05) is 6.61 Å². The maximum Gasteiger partial charge on any atom is 0.0627 e. The average Bonchev–Trinajstić information content (AvgIpc) is 3.35. The molecule has 5 rings (SSSR count). The highest BCUT2D eigenvalue weighted by Gasteiger charge is 2.82. The number of rotatable bonds is 5. The Morgan fingerprint density at radius 2 is 1.55 bits per heavy atom. The summed E-state index contributed by atoms with van der Waals surface area (Å²) in [7, 11) is 0. The van der Waals surface area contributed by atoms with Gasteiger partial charge in [0.1, 0.15) is 0 Å². The molecule has 10 atom stereocenters. The molecule has 0 saturated heterocycles. The summed E-state index contributed by atoms with van der Waals surface area (Å²) in [5.41, 5.74) is 2.75. The maximum absolute atomic E-state index is 11.1. The molecule has 0 amide bonds. The van der Waals surface area contributed by atoms with Crippen LogP contribution in [0.4, 0.5) is 0 Å². The van der Waals surface area contributed by atoms with Crippen molar-refractivity contribution in [2.45, 2.75) is 118 Å². The first-order valence-corrected chi connectivity index (χ1v) is 14.0. The van der Waals surface area contributed by atoms with Crippen molar-refractivity contribution >= 4 is 0 Å². The molecule has 3 nitrogen and oxygen atoms in total. The zero-order chi connectivity index (χ0) is 24.0. The molecule has 0 heterocycles. The third kappa shape index (κ3) is 2.97. The topological polar surface area (TPSA) is 60.7 Å². The summed E-state index contributed by atoms with van der Waals surface area (Å²) < 4.78 is 0. The molecule has 0 aliphatic heterocycles. The van der Waals surface area contributed by atoms with Gasteiger partial charge in [0.2, 0.25) is 0 Å². The van der Waals surface area contributed by atoms with Crippen LogP contribution in [-0.4, -0.2) is 34.1 Å². The largest absolute Gasteiger partial charge is 0.396 e. The van der Waals surface area contributed by atoms with Gasteiger partial charge in [-0.2, -0.15) is 0 Å². The molecule has 33 heavy (non-hydrogen) atoms. The van der Waals surface area contributed by atoms with Crippen molar-refractivity contribution in [2.24, 2.45) is 50.7 Å². The van der Waals surface area contributed by atoms with E-state index in [2.05, 4.69) is 47.6 Å². The molecular weight excluding hydrogens is 408 g/mol. The Morgan fingerprint density at radius 3 is 2.21 bits per heavy atom. The van der Waals surface area contributed by atoms with Crippen molar-refractivity contribution in [3.8, 4) is 0 Å². The van der Waals surface area contributed by atoms with E-state index in [1.165, 1.54) is 50.5 Å². The molecule has 5 aliphatic rings. The predicted molar refractivity (Wildman–Crippen MR) is 134 cm³/mol. The van der Waals surface area contributed by atoms with Gasteiger partial charge in [0.05, 0.1) is 12.2 Å². The normalized spacial score (nSPS) is 51.4. The molecule has 0 aromatic rings. The highest BCUT2D eigenvalue weighted by atomic mass is 16.3. The van der Waals surface area contributed by atoms with E-state index in [4.69, 9.17) is 0 Å². The first-order chi connectivity index (χ1) is 15.4. The third-order valence-corrected chi connectivity index (χ3v) is 13.1. The second-order valence-electron chi connectivity index (χ2n) is 14.5. The molecular formula is C30H50O3. The summed E-state index contributed by atoms with van der Waals surface area (Å²) in [5, 5.41) is 32.4. The third-order valence-electron chi connectivity index (χ3n) is 13.1. The SMILES string of the molecule is CC(C)=CCC(O)C(CO)C1CCC2(C)C3CCC4C(C)(C)C(O)CCC45CC35CCC12C. The van der Waals surface area contributed by atoms with Crippen LogP contribution < -0.4 is 0 Å². The Morgan fingerprint density at radius 1 is 0.879 bits per heavy atom. The first-order valence-electron chi connectivity index (χ1n) is 14.0. The molecule has 0 aromatic carbocycles. The molecule has 5 fully saturated rings. The van der Waals surface area contributed by atoms with E-state index in [9.17, 15) is 15.3 Å². The van der Waals surface area contributed by atoms with Crippen molar-refractivity contribution in [1.82, 2.24) is 0 Å². The Labute approximate surface area is 202 Å². The molecule has 0 bridgehead atoms. The number of fused-ring (bicyclic) bond motifs is 2. The lowest BCUT2D eigenvalue weighted by molar-refractivity contribution is -0.165. The van der Waals surface area contributed by atoms with Crippen LogP contribution in [0.1, 0.15) is 106 Å². The fourth-order valence-electron chi connectivity index (χ4n) is 11.1. The number of aliphatic hydroxyl groups excluding tert-OH is 3. The summed E-state index contributed by atoms with van der Waals surface area (Å²) in [6.07, 6.45) is 13.4. The Kier molecular flexibility index (Phi) is 5.57. The van der Waals surface area contributed by atoms with E-state index in [0.29, 0.717) is 34.5 Å². The van der Waals surface area contributed by atoms with Gasteiger partial charge in [-0.25, -0.2) is 0 Å². The van der Waals surface area contributed by atoms with Crippen molar-refractivity contribution in [3.05, 3.63) is 11.6 Å². The second-order valence-corrected chi connectivity index (χ2v) is 14.5. The summed E-state index contributed by atoms with van der Waals surface area (Å²) >= 11 is 0. The smallest absolute Gasteiger partial charge is 0.0627 e. The van der Waals surface area contributed by atoms with Gasteiger partial charge in [-0.1, -0.05) is 39.3 Å². The van der Waals surface area contributed by atoms with Crippen LogP contribution in [0.2, 0.25) is 0 Å². The fraction of sp³-hybridized carbons (Fsp3) is 0.933. The van der Waals surface area contributed by atoms with Crippen LogP contribution in [0.3, 0.4) is 0 Å². The Bertz CT molecular complexity index is 813. The molecule has 3 heteroatoms. The highest BCUT2D eigenvalue weighted by molar-refractivity contribution is 5.30. The monoisotopic (exact) mass is 458 g/mol. The van der Waals surface area contributed by atoms with E-state index in [1.807, 2.05) is 0 Å². The standard InChI is InChI=1S/C30H50O3/c1-19(2)7-8-22(32)20(17-31)21-11-13-28(6)24-10-9-23-26(3,4)25(33)12-14-29(23)18-30(24,29)16-15-27(21,28)5/h7,20-25,31-33H,8-18H2,1-6H3. The molecule has 2 spiro atoms. The van der Waals surface area contributed by atoms with E-state index in [0.717, 1.165) is 18.8 Å². The molecule has 0 radical (unpaired) electrons. The van der Waals surface area contributed by atoms with Crippen molar-refractivity contribution in [1.29, 1.82) is 0 Å². The van der Waals surface area contributed by atoms with Crippen LogP contribution in [0.25, 0.3) is 0 Å². The van der Waals surface area contributed by atoms with Gasteiger partial charge in [0, 0.05) is 12.5 Å². The highest BCUT2D eigenvalue weighted by Crippen LogP contribution is 2.89. The summed E-state index contributed by atoms with van der Waals surface area (Å²) in [6, 6.07) is 0. The predicted octanol–water partition coefficient (Wildman–Crippen LogP) is 6.11. The van der Waals surface area contributed by atoms with E-state index in [1.54, 1.807) is 0 Å². The quantitative estimate of drug-likeness (QED) is 0.435. The lowest BCUT2D eigenvalue weighted by Gasteiger charge is -2.63. The van der Waals surface area contributed by atoms with Gasteiger partial charge >= 0.3 is 0 Å². The van der Waals surface area contributed by atoms with Gasteiger partial charge in [0.25, 0.3) is 0 Å². The van der Waals surface area contributed by atoms with E-state index in [-0.39, 0.29) is 29.5 Å². The van der Waals surface area contributed by atoms with Crippen LogP contribution >= 0.6 is 0 Å². The van der Waals surface area contributed by atoms with Gasteiger partial charge < -0.3 is 15.3 Å². The minimum atomic E-state index is -0.450. The number of aliphatic hydroxyl groups is 3. The van der Waals surface area contributed by atoms with E-state index < -0.39 is 6.10 Å². The average molecular weight is 459 g/mol.